The van der Waals surface area contributed by atoms with Gasteiger partial charge in [0.15, 0.2) is 0 Å². The van der Waals surface area contributed by atoms with E-state index >= 15 is 0 Å². The minimum atomic E-state index is -3.49. The highest BCUT2D eigenvalue weighted by atomic mass is 32.2. The van der Waals surface area contributed by atoms with E-state index in [-0.39, 0.29) is 4.90 Å². The van der Waals surface area contributed by atoms with Gasteiger partial charge in [-0.15, -0.1) is 0 Å². The fraction of sp³-hybridized carbons (Fsp3) is 0.417. The van der Waals surface area contributed by atoms with Crippen LogP contribution in [0, 0.1) is 0 Å². The molecule has 0 aliphatic heterocycles. The molecule has 2 rings (SSSR count). The number of nitrogens with zero attached hydrogens (tertiary/aromatic N) is 3. The second-order valence-corrected chi connectivity index (χ2v) is 7.26. The Bertz CT molecular complexity index is 634. The molecule has 110 valence electrons. The summed E-state index contributed by atoms with van der Waals surface area (Å²) in [7, 11) is -0.0607. The number of aromatic nitrogens is 2. The average Bonchev–Trinajstić information content (AvgIpc) is 3.07. The van der Waals surface area contributed by atoms with Gasteiger partial charge >= 0.3 is 0 Å². The lowest BCUT2D eigenvalue weighted by molar-refractivity contribution is 0.467. The maximum Gasteiger partial charge on any atom is 0.246 e. The van der Waals surface area contributed by atoms with E-state index in [2.05, 4.69) is 10.4 Å². The van der Waals surface area contributed by atoms with Crippen LogP contribution >= 0.6 is 11.3 Å². The summed E-state index contributed by atoms with van der Waals surface area (Å²) in [6.45, 7) is 1.75. The van der Waals surface area contributed by atoms with Gasteiger partial charge in [0, 0.05) is 26.3 Å². The van der Waals surface area contributed by atoms with Crippen LogP contribution in [0.4, 0.5) is 0 Å². The van der Waals surface area contributed by atoms with Gasteiger partial charge in [-0.1, -0.05) is 0 Å². The predicted octanol–water partition coefficient (Wildman–Crippen LogP) is 0.985. The molecule has 0 unspecified atom stereocenters. The van der Waals surface area contributed by atoms with E-state index in [1.54, 1.807) is 29.3 Å². The summed E-state index contributed by atoms with van der Waals surface area (Å²) in [5, 5.41) is 11.0. The number of nitrogens with one attached hydrogen (secondary N) is 1. The van der Waals surface area contributed by atoms with E-state index in [4.69, 9.17) is 0 Å². The van der Waals surface area contributed by atoms with Crippen molar-refractivity contribution in [1.82, 2.24) is 19.4 Å². The molecule has 6 nitrogen and oxygen atoms in total. The first-order chi connectivity index (χ1) is 9.54. The standard InChI is InChI=1S/C12H18N4O2S2/c1-13-4-5-16-9-12(7-14-16)20(17,18)15(2)8-11-3-6-19-10-11/h3,6-7,9-10,13H,4-5,8H2,1-2H3. The summed E-state index contributed by atoms with van der Waals surface area (Å²) < 4.78 is 27.8. The van der Waals surface area contributed by atoms with Crippen molar-refractivity contribution in [2.75, 3.05) is 20.6 Å². The molecule has 0 fully saturated rings. The molecule has 0 saturated carbocycles. The van der Waals surface area contributed by atoms with Crippen molar-refractivity contribution in [3.05, 3.63) is 34.8 Å². The largest absolute Gasteiger partial charge is 0.318 e. The molecule has 0 aromatic carbocycles. The van der Waals surface area contributed by atoms with Gasteiger partial charge in [-0.3, -0.25) is 4.68 Å². The number of rotatable bonds is 7. The lowest BCUT2D eigenvalue weighted by Crippen LogP contribution is -2.26. The molecule has 0 atom stereocenters. The molecule has 20 heavy (non-hydrogen) atoms. The van der Waals surface area contributed by atoms with E-state index in [1.807, 2.05) is 23.9 Å². The Morgan fingerprint density at radius 3 is 2.95 bits per heavy atom. The Morgan fingerprint density at radius 1 is 1.50 bits per heavy atom. The van der Waals surface area contributed by atoms with E-state index in [9.17, 15) is 8.42 Å². The minimum absolute atomic E-state index is 0.228. The summed E-state index contributed by atoms with van der Waals surface area (Å²) in [6, 6.07) is 1.92. The first kappa shape index (κ1) is 15.2. The van der Waals surface area contributed by atoms with Gasteiger partial charge in [0.1, 0.15) is 4.90 Å². The first-order valence-electron chi connectivity index (χ1n) is 6.18. The molecule has 2 aromatic heterocycles. The normalized spacial score (nSPS) is 12.2. The molecular formula is C12H18N4O2S2. The van der Waals surface area contributed by atoms with Crippen LogP contribution in [0.25, 0.3) is 0 Å². The molecular weight excluding hydrogens is 296 g/mol. The molecule has 0 aliphatic carbocycles. The Kier molecular flexibility index (Phi) is 4.92. The van der Waals surface area contributed by atoms with E-state index in [0.717, 1.165) is 12.1 Å². The topological polar surface area (TPSA) is 67.2 Å². The number of likely N-dealkylation sites (N-methyl/N-ethyl adjacent to an activating group) is 1. The van der Waals surface area contributed by atoms with Gasteiger partial charge in [-0.2, -0.15) is 20.7 Å². The summed E-state index contributed by atoms with van der Waals surface area (Å²) in [4.78, 5) is 0.228. The third-order valence-electron chi connectivity index (χ3n) is 2.89. The fourth-order valence-electron chi connectivity index (χ4n) is 1.73. The zero-order chi connectivity index (χ0) is 14.6. The highest BCUT2D eigenvalue weighted by molar-refractivity contribution is 7.89. The summed E-state index contributed by atoms with van der Waals surface area (Å²) in [5.41, 5.74) is 0.989. The maximum atomic E-state index is 12.4. The van der Waals surface area contributed by atoms with Crippen molar-refractivity contribution in [3.63, 3.8) is 0 Å². The van der Waals surface area contributed by atoms with E-state index in [1.165, 1.54) is 10.5 Å². The Hall–Kier alpha value is -1.22. The van der Waals surface area contributed by atoms with Crippen LogP contribution < -0.4 is 5.32 Å². The van der Waals surface area contributed by atoms with Gasteiger partial charge in [0.2, 0.25) is 10.0 Å². The molecule has 0 spiro atoms. The molecule has 8 heteroatoms. The zero-order valence-corrected chi connectivity index (χ0v) is 13.1. The van der Waals surface area contributed by atoms with Crippen molar-refractivity contribution in [2.45, 2.75) is 18.0 Å². The maximum absolute atomic E-state index is 12.4. The predicted molar refractivity (Wildman–Crippen MR) is 79.1 cm³/mol. The number of sulfonamides is 1. The van der Waals surface area contributed by atoms with Gasteiger partial charge in [0.05, 0.1) is 12.7 Å². The second kappa shape index (κ2) is 6.49. The van der Waals surface area contributed by atoms with Crippen molar-refractivity contribution in [2.24, 2.45) is 0 Å². The lowest BCUT2D eigenvalue weighted by atomic mass is 10.3. The van der Waals surface area contributed by atoms with Crippen LogP contribution in [0.1, 0.15) is 5.56 Å². The SMILES string of the molecule is CNCCn1cc(S(=O)(=O)N(C)Cc2ccsc2)cn1. The Morgan fingerprint density at radius 2 is 2.30 bits per heavy atom. The number of hydrogen-bond donors (Lipinski definition) is 1. The molecule has 0 amide bonds. The minimum Gasteiger partial charge on any atom is -0.318 e. The summed E-state index contributed by atoms with van der Waals surface area (Å²) in [6.07, 6.45) is 2.96. The van der Waals surface area contributed by atoms with Crippen molar-refractivity contribution in [1.29, 1.82) is 0 Å². The number of thiophene rings is 1. The smallest absolute Gasteiger partial charge is 0.246 e. The molecule has 2 aromatic rings. The van der Waals surface area contributed by atoms with Crippen molar-refractivity contribution < 1.29 is 8.42 Å². The van der Waals surface area contributed by atoms with Gasteiger partial charge in [-0.25, -0.2) is 8.42 Å². The quantitative estimate of drug-likeness (QED) is 0.827. The first-order valence-corrected chi connectivity index (χ1v) is 8.57. The van der Waals surface area contributed by atoms with Gasteiger partial charge < -0.3 is 5.32 Å². The highest BCUT2D eigenvalue weighted by Gasteiger charge is 2.22. The van der Waals surface area contributed by atoms with Crippen molar-refractivity contribution in [3.8, 4) is 0 Å². The lowest BCUT2D eigenvalue weighted by Gasteiger charge is -2.15. The van der Waals surface area contributed by atoms with Crippen LogP contribution in [-0.2, 0) is 23.1 Å². The highest BCUT2D eigenvalue weighted by Crippen LogP contribution is 2.17. The van der Waals surface area contributed by atoms with Crippen LogP contribution in [0.15, 0.2) is 34.1 Å². The number of hydrogen-bond acceptors (Lipinski definition) is 5. The molecule has 0 aliphatic rings. The van der Waals surface area contributed by atoms with Gasteiger partial charge in [0.25, 0.3) is 0 Å². The van der Waals surface area contributed by atoms with E-state index in [0.29, 0.717) is 13.1 Å². The molecule has 2 heterocycles. The molecule has 0 radical (unpaired) electrons. The van der Waals surface area contributed by atoms with Crippen LogP contribution in [0.3, 0.4) is 0 Å². The summed E-state index contributed by atoms with van der Waals surface area (Å²) >= 11 is 1.56. The molecule has 0 saturated heterocycles. The Labute approximate surface area is 123 Å². The summed E-state index contributed by atoms with van der Waals surface area (Å²) in [5.74, 6) is 0. The van der Waals surface area contributed by atoms with Gasteiger partial charge in [-0.05, 0) is 29.4 Å². The third-order valence-corrected chi connectivity index (χ3v) is 5.38. The van der Waals surface area contributed by atoms with Crippen LogP contribution in [-0.4, -0.2) is 43.1 Å². The monoisotopic (exact) mass is 314 g/mol. The van der Waals surface area contributed by atoms with Crippen molar-refractivity contribution >= 4 is 21.4 Å². The average molecular weight is 314 g/mol. The fourth-order valence-corrected chi connectivity index (χ4v) is 3.51. The van der Waals surface area contributed by atoms with Crippen LogP contribution in [0.5, 0.6) is 0 Å². The Balaban J connectivity index is 2.10. The molecule has 0 bridgehead atoms. The zero-order valence-electron chi connectivity index (χ0n) is 11.5. The third kappa shape index (κ3) is 3.45. The van der Waals surface area contributed by atoms with Crippen LogP contribution in [0.2, 0.25) is 0 Å². The molecule has 1 N–H and O–H groups in total. The second-order valence-electron chi connectivity index (χ2n) is 4.44. The van der Waals surface area contributed by atoms with E-state index < -0.39 is 10.0 Å².